The Bertz CT molecular complexity index is 946. The molecule has 1 atom stereocenters. The van der Waals surface area contributed by atoms with Gasteiger partial charge in [-0.15, -0.1) is 0 Å². The van der Waals surface area contributed by atoms with Crippen molar-refractivity contribution in [1.29, 1.82) is 5.26 Å². The molecule has 1 N–H and O–H groups in total. The lowest BCUT2D eigenvalue weighted by Crippen LogP contribution is -2.37. The first kappa shape index (κ1) is 21.0. The van der Waals surface area contributed by atoms with E-state index in [2.05, 4.69) is 10.3 Å². The third kappa shape index (κ3) is 4.65. The van der Waals surface area contributed by atoms with Gasteiger partial charge < -0.3 is 14.8 Å². The molecule has 1 aromatic heterocycles. The van der Waals surface area contributed by atoms with Gasteiger partial charge in [0.2, 0.25) is 5.91 Å². The second-order valence-electron chi connectivity index (χ2n) is 7.43. The maximum atomic E-state index is 14.4. The Hall–Kier alpha value is -2.73. The summed E-state index contributed by atoms with van der Waals surface area (Å²) in [5, 5.41) is 11.7. The van der Waals surface area contributed by atoms with Crippen molar-refractivity contribution in [2.45, 2.75) is 57.8 Å². The summed E-state index contributed by atoms with van der Waals surface area (Å²) in [6.45, 7) is 3.80. The fraction of sp³-hybridized carbons (Fsp3) is 0.550. The van der Waals surface area contributed by atoms with E-state index in [-0.39, 0.29) is 46.8 Å². The number of imidazole rings is 1. The smallest absolute Gasteiger partial charge is 0.297 e. The van der Waals surface area contributed by atoms with Crippen molar-refractivity contribution in [1.82, 2.24) is 14.9 Å². The first-order chi connectivity index (χ1) is 13.8. The van der Waals surface area contributed by atoms with Crippen LogP contribution in [-0.4, -0.2) is 40.3 Å². The summed E-state index contributed by atoms with van der Waals surface area (Å²) in [4.78, 5) is 15.1. The number of nitrogens with zero attached hydrogens (tertiary/aromatic N) is 3. The van der Waals surface area contributed by atoms with E-state index in [0.29, 0.717) is 6.61 Å². The topological polar surface area (TPSA) is 89.2 Å². The number of hydrogen-bond donors (Lipinski definition) is 1. The average Bonchev–Trinajstić information content (AvgIpc) is 3.00. The van der Waals surface area contributed by atoms with E-state index >= 15 is 0 Å². The lowest BCUT2D eigenvalue weighted by molar-refractivity contribution is -0.120. The van der Waals surface area contributed by atoms with Crippen LogP contribution in [-0.2, 0) is 16.6 Å². The number of ether oxygens (including phenoxy) is 2. The molecule has 1 saturated carbocycles. The highest BCUT2D eigenvalue weighted by Crippen LogP contribution is 2.30. The van der Waals surface area contributed by atoms with E-state index in [1.54, 1.807) is 6.07 Å². The average molecular weight is 406 g/mol. The van der Waals surface area contributed by atoms with Crippen LogP contribution >= 0.6 is 0 Å². The number of rotatable bonds is 6. The minimum atomic E-state index is -0.806. The number of aryl methyl sites for hydroxylation is 1. The van der Waals surface area contributed by atoms with Gasteiger partial charge in [-0.3, -0.25) is 9.36 Å². The molecule has 0 spiro atoms. The Morgan fingerprint density at radius 1 is 1.38 bits per heavy atom. The van der Waals surface area contributed by atoms with Crippen LogP contribution in [0.5, 0.6) is 6.01 Å². The normalized spacial score (nSPS) is 20.3. The molecular formula is C20H24F2N4O3. The quantitative estimate of drug-likeness (QED) is 0.797. The van der Waals surface area contributed by atoms with Crippen molar-refractivity contribution in [3.05, 3.63) is 23.3 Å². The van der Waals surface area contributed by atoms with E-state index in [1.165, 1.54) is 18.5 Å². The number of hydrogen-bond acceptors (Lipinski definition) is 5. The lowest BCUT2D eigenvalue weighted by Gasteiger charge is -2.29. The molecule has 1 amide bonds. The fourth-order valence-corrected chi connectivity index (χ4v) is 3.60. The monoisotopic (exact) mass is 406 g/mol. The molecule has 1 heterocycles. The molecule has 1 aromatic carbocycles. The van der Waals surface area contributed by atoms with E-state index in [0.717, 1.165) is 31.7 Å². The molecule has 0 saturated heterocycles. The highest BCUT2D eigenvalue weighted by Gasteiger charge is 2.26. The largest absolute Gasteiger partial charge is 0.461 e. The number of nitriles is 1. The van der Waals surface area contributed by atoms with Gasteiger partial charge in [0.15, 0.2) is 11.6 Å². The zero-order chi connectivity index (χ0) is 21.1. The van der Waals surface area contributed by atoms with Crippen LogP contribution in [0.25, 0.3) is 11.0 Å². The second-order valence-corrected chi connectivity index (χ2v) is 7.43. The van der Waals surface area contributed by atoms with Gasteiger partial charge in [-0.25, -0.2) is 8.78 Å². The van der Waals surface area contributed by atoms with Crippen molar-refractivity contribution in [3.63, 3.8) is 0 Å². The number of amides is 1. The van der Waals surface area contributed by atoms with Crippen LogP contribution in [0.2, 0.25) is 0 Å². The van der Waals surface area contributed by atoms with Crippen LogP contribution in [0.1, 0.15) is 45.1 Å². The number of benzene rings is 1. The highest BCUT2D eigenvalue weighted by molar-refractivity contribution is 5.80. The zero-order valence-electron chi connectivity index (χ0n) is 16.7. The minimum absolute atomic E-state index is 0.0513. The van der Waals surface area contributed by atoms with E-state index in [4.69, 9.17) is 14.7 Å². The number of carbonyl (C=O) groups excluding carboxylic acids is 1. The number of carbonyl (C=O) groups is 1. The molecule has 1 aliphatic carbocycles. The third-order valence-corrected chi connectivity index (χ3v) is 5.04. The number of nitrogens with one attached hydrogen (secondary N) is 1. The van der Waals surface area contributed by atoms with Crippen LogP contribution in [0.15, 0.2) is 6.07 Å². The highest BCUT2D eigenvalue weighted by atomic mass is 19.1. The lowest BCUT2D eigenvalue weighted by atomic mass is 9.95. The van der Waals surface area contributed by atoms with Gasteiger partial charge >= 0.3 is 0 Å². The molecule has 0 bridgehead atoms. The van der Waals surface area contributed by atoms with E-state index in [9.17, 15) is 13.6 Å². The van der Waals surface area contributed by atoms with Gasteiger partial charge in [0.25, 0.3) is 6.01 Å². The summed E-state index contributed by atoms with van der Waals surface area (Å²) in [7, 11) is 1.53. The SMILES string of the molecule is CC(=O)N[C@@H](C)COC1CCC(Oc2nc3c(F)cc(C#N)c(F)c3n2C)CC1. The molecule has 0 unspecified atom stereocenters. The summed E-state index contributed by atoms with van der Waals surface area (Å²) in [5.41, 5.74) is -0.598. The van der Waals surface area contributed by atoms with E-state index < -0.39 is 11.6 Å². The van der Waals surface area contributed by atoms with E-state index in [1.807, 2.05) is 6.92 Å². The minimum Gasteiger partial charge on any atom is -0.461 e. The molecule has 29 heavy (non-hydrogen) atoms. The Labute approximate surface area is 167 Å². The number of aromatic nitrogens is 2. The first-order valence-electron chi connectivity index (χ1n) is 9.60. The van der Waals surface area contributed by atoms with Crippen molar-refractivity contribution in [2.24, 2.45) is 7.05 Å². The Morgan fingerprint density at radius 2 is 2.03 bits per heavy atom. The Morgan fingerprint density at radius 3 is 2.66 bits per heavy atom. The molecule has 1 aliphatic rings. The molecule has 2 aromatic rings. The van der Waals surface area contributed by atoms with Crippen LogP contribution < -0.4 is 10.1 Å². The first-order valence-corrected chi connectivity index (χ1v) is 9.60. The molecule has 0 aliphatic heterocycles. The van der Waals surface area contributed by atoms with Crippen LogP contribution in [0.3, 0.4) is 0 Å². The van der Waals surface area contributed by atoms with Gasteiger partial charge in [-0.1, -0.05) is 0 Å². The van der Waals surface area contributed by atoms with Crippen molar-refractivity contribution in [3.8, 4) is 12.1 Å². The summed E-state index contributed by atoms with van der Waals surface area (Å²) in [6.07, 6.45) is 2.94. The Kier molecular flexibility index (Phi) is 6.33. The molecule has 0 radical (unpaired) electrons. The standard InChI is InChI=1S/C20H24F2N4O3/c1-11(24-12(2)27)10-28-14-4-6-15(7-5-14)29-20-25-18-16(21)8-13(9-23)17(22)19(18)26(20)3/h8,11,14-15H,4-7,10H2,1-3H3,(H,24,27)/t11-,14?,15?/m0/s1. The van der Waals surface area contributed by atoms with Gasteiger partial charge in [-0.05, 0) is 38.7 Å². The maximum Gasteiger partial charge on any atom is 0.297 e. The third-order valence-electron chi connectivity index (χ3n) is 5.04. The van der Waals surface area contributed by atoms with Crippen LogP contribution in [0.4, 0.5) is 8.78 Å². The maximum absolute atomic E-state index is 14.4. The van der Waals surface area contributed by atoms with Crippen LogP contribution in [0, 0.1) is 23.0 Å². The number of halogens is 2. The molecular weight excluding hydrogens is 382 g/mol. The van der Waals surface area contributed by atoms with Crippen molar-refractivity contribution < 1.29 is 23.0 Å². The van der Waals surface area contributed by atoms with Gasteiger partial charge in [0.1, 0.15) is 23.2 Å². The number of fused-ring (bicyclic) bond motifs is 1. The predicted octanol–water partition coefficient (Wildman–Crippen LogP) is 2.95. The zero-order valence-corrected chi connectivity index (χ0v) is 16.7. The summed E-state index contributed by atoms with van der Waals surface area (Å²) in [6, 6.07) is 2.56. The van der Waals surface area contributed by atoms with Crippen molar-refractivity contribution in [2.75, 3.05) is 6.61 Å². The molecule has 1 fully saturated rings. The Balaban J connectivity index is 1.61. The molecule has 3 rings (SSSR count). The van der Waals surface area contributed by atoms with Gasteiger partial charge in [0, 0.05) is 20.0 Å². The van der Waals surface area contributed by atoms with Crippen molar-refractivity contribution >= 4 is 16.9 Å². The van der Waals surface area contributed by atoms with Gasteiger partial charge in [-0.2, -0.15) is 10.2 Å². The summed E-state index contributed by atoms with van der Waals surface area (Å²) >= 11 is 0. The fourth-order valence-electron chi connectivity index (χ4n) is 3.60. The molecule has 7 nitrogen and oxygen atoms in total. The summed E-state index contributed by atoms with van der Waals surface area (Å²) in [5.74, 6) is -1.65. The molecule has 156 valence electrons. The molecule has 9 heteroatoms. The predicted molar refractivity (Wildman–Crippen MR) is 101 cm³/mol. The van der Waals surface area contributed by atoms with Gasteiger partial charge in [0.05, 0.1) is 18.3 Å². The second kappa shape index (κ2) is 8.74. The summed E-state index contributed by atoms with van der Waals surface area (Å²) < 4.78 is 41.7.